The number of nitrogens with one attached hydrogen (secondary N) is 1. The molecule has 0 bridgehead atoms. The lowest BCUT2D eigenvalue weighted by Crippen LogP contribution is -2.36. The number of rotatable bonds is 5. The zero-order chi connectivity index (χ0) is 17.1. The van der Waals surface area contributed by atoms with Crippen LogP contribution in [-0.2, 0) is 6.54 Å². The van der Waals surface area contributed by atoms with Gasteiger partial charge in [0.2, 0.25) is 0 Å². The summed E-state index contributed by atoms with van der Waals surface area (Å²) in [6.07, 6.45) is 8.65. The topological polar surface area (TPSA) is 63.1 Å². The molecule has 1 atom stereocenters. The molecular formula is C18H25N5OS. The van der Waals surface area contributed by atoms with E-state index in [2.05, 4.69) is 37.4 Å². The van der Waals surface area contributed by atoms with Crippen molar-refractivity contribution in [2.24, 2.45) is 0 Å². The monoisotopic (exact) mass is 359 g/mol. The summed E-state index contributed by atoms with van der Waals surface area (Å²) in [6.45, 7) is 3.07. The van der Waals surface area contributed by atoms with E-state index in [1.807, 2.05) is 10.9 Å². The highest BCUT2D eigenvalue weighted by Gasteiger charge is 2.24. The molecule has 7 heteroatoms. The Hall–Kier alpha value is -1.73. The van der Waals surface area contributed by atoms with Gasteiger partial charge in [0.25, 0.3) is 5.91 Å². The predicted molar refractivity (Wildman–Crippen MR) is 97.6 cm³/mol. The van der Waals surface area contributed by atoms with Crippen LogP contribution in [0.2, 0.25) is 0 Å². The van der Waals surface area contributed by atoms with Gasteiger partial charge in [-0.05, 0) is 54.6 Å². The van der Waals surface area contributed by atoms with Crippen LogP contribution in [0.15, 0.2) is 23.0 Å². The van der Waals surface area contributed by atoms with Crippen LogP contribution >= 0.6 is 11.3 Å². The predicted octanol–water partition coefficient (Wildman–Crippen LogP) is 2.85. The molecule has 2 aromatic heterocycles. The summed E-state index contributed by atoms with van der Waals surface area (Å²) in [4.78, 5) is 14.8. The highest BCUT2D eigenvalue weighted by Crippen LogP contribution is 2.23. The van der Waals surface area contributed by atoms with Gasteiger partial charge in [0.1, 0.15) is 0 Å². The number of aromatic nitrogens is 3. The summed E-state index contributed by atoms with van der Waals surface area (Å²) >= 11 is 1.75. The van der Waals surface area contributed by atoms with Gasteiger partial charge in [-0.15, -0.1) is 5.10 Å². The van der Waals surface area contributed by atoms with Crippen LogP contribution < -0.4 is 5.32 Å². The van der Waals surface area contributed by atoms with Gasteiger partial charge in [-0.2, -0.15) is 11.3 Å². The molecule has 1 saturated heterocycles. The van der Waals surface area contributed by atoms with E-state index in [-0.39, 0.29) is 5.91 Å². The second kappa shape index (κ2) is 7.66. The van der Waals surface area contributed by atoms with Crippen LogP contribution in [0.3, 0.4) is 0 Å². The fraction of sp³-hybridized carbons (Fsp3) is 0.611. The van der Waals surface area contributed by atoms with Gasteiger partial charge >= 0.3 is 0 Å². The average molecular weight is 359 g/mol. The van der Waals surface area contributed by atoms with Gasteiger partial charge < -0.3 is 5.32 Å². The first-order chi connectivity index (χ1) is 12.3. The van der Waals surface area contributed by atoms with Crippen LogP contribution in [0.4, 0.5) is 0 Å². The molecular weight excluding hydrogens is 334 g/mol. The Kier molecular flexibility index (Phi) is 5.12. The van der Waals surface area contributed by atoms with Crippen molar-refractivity contribution in [3.63, 3.8) is 0 Å². The third-order valence-corrected chi connectivity index (χ3v) is 6.01. The van der Waals surface area contributed by atoms with Gasteiger partial charge in [0, 0.05) is 19.1 Å². The van der Waals surface area contributed by atoms with E-state index in [0.717, 1.165) is 45.3 Å². The zero-order valence-electron chi connectivity index (χ0n) is 14.4. The fourth-order valence-electron chi connectivity index (χ4n) is 3.92. The van der Waals surface area contributed by atoms with Gasteiger partial charge in [0.05, 0.1) is 12.2 Å². The van der Waals surface area contributed by atoms with Crippen molar-refractivity contribution in [1.29, 1.82) is 0 Å². The highest BCUT2D eigenvalue weighted by atomic mass is 32.1. The third-order valence-electron chi connectivity index (χ3n) is 5.27. The lowest BCUT2D eigenvalue weighted by atomic mass is 10.1. The quantitative estimate of drug-likeness (QED) is 0.892. The first-order valence-corrected chi connectivity index (χ1v) is 10.2. The van der Waals surface area contributed by atoms with Crippen LogP contribution in [0.1, 0.15) is 60.6 Å². The number of hydrogen-bond acceptors (Lipinski definition) is 5. The minimum Gasteiger partial charge on any atom is -0.348 e. The lowest BCUT2D eigenvalue weighted by molar-refractivity contribution is 0.0932. The molecule has 1 N–H and O–H groups in total. The van der Waals surface area contributed by atoms with Gasteiger partial charge in [0.15, 0.2) is 5.69 Å². The molecule has 25 heavy (non-hydrogen) atoms. The Morgan fingerprint density at radius 3 is 2.96 bits per heavy atom. The van der Waals surface area contributed by atoms with Crippen LogP contribution in [0.5, 0.6) is 0 Å². The van der Waals surface area contributed by atoms with E-state index in [1.54, 1.807) is 11.3 Å². The Bertz CT molecular complexity index is 692. The Labute approximate surface area is 152 Å². The summed E-state index contributed by atoms with van der Waals surface area (Å²) < 4.78 is 1.89. The van der Waals surface area contributed by atoms with E-state index in [9.17, 15) is 4.79 Å². The molecule has 3 heterocycles. The van der Waals surface area contributed by atoms with Crippen molar-refractivity contribution in [2.45, 2.75) is 57.2 Å². The lowest BCUT2D eigenvalue weighted by Gasteiger charge is -2.32. The Balaban J connectivity index is 1.36. The smallest absolute Gasteiger partial charge is 0.273 e. The number of hydrogen-bond donors (Lipinski definition) is 1. The molecule has 0 unspecified atom stereocenters. The molecule has 1 aliphatic carbocycles. The zero-order valence-corrected chi connectivity index (χ0v) is 15.2. The molecule has 4 rings (SSSR count). The van der Waals surface area contributed by atoms with E-state index in [1.165, 1.54) is 18.4 Å². The molecule has 1 amide bonds. The van der Waals surface area contributed by atoms with Crippen molar-refractivity contribution in [2.75, 3.05) is 13.1 Å². The molecule has 0 spiro atoms. The third kappa shape index (κ3) is 4.10. The maximum absolute atomic E-state index is 12.3. The summed E-state index contributed by atoms with van der Waals surface area (Å²) in [6, 6.07) is 2.80. The molecule has 2 aliphatic rings. The number of amides is 1. The van der Waals surface area contributed by atoms with Crippen molar-refractivity contribution in [1.82, 2.24) is 25.2 Å². The normalized spacial score (nSPS) is 22.3. The van der Waals surface area contributed by atoms with E-state index in [0.29, 0.717) is 17.8 Å². The standard InChI is InChI=1S/C18H25N5OS/c24-18(19-15-4-1-2-5-15)17-12-23(21-20-17)16-6-3-8-22(11-16)10-14-7-9-25-13-14/h7,9,12-13,15-16H,1-6,8,10-11H2,(H,19,24)/t16-/m1/s1. The second-order valence-electron chi connectivity index (χ2n) is 7.20. The van der Waals surface area contributed by atoms with E-state index < -0.39 is 0 Å². The highest BCUT2D eigenvalue weighted by molar-refractivity contribution is 7.07. The summed E-state index contributed by atoms with van der Waals surface area (Å²) in [5.41, 5.74) is 1.82. The minimum absolute atomic E-state index is 0.0795. The molecule has 6 nitrogen and oxygen atoms in total. The van der Waals surface area contributed by atoms with Crippen LogP contribution in [0, 0.1) is 0 Å². The summed E-state index contributed by atoms with van der Waals surface area (Å²) in [7, 11) is 0. The maximum atomic E-state index is 12.3. The van der Waals surface area contributed by atoms with E-state index in [4.69, 9.17) is 0 Å². The van der Waals surface area contributed by atoms with Gasteiger partial charge in [-0.3, -0.25) is 9.69 Å². The molecule has 2 fully saturated rings. The van der Waals surface area contributed by atoms with Crippen LogP contribution in [-0.4, -0.2) is 44.9 Å². The maximum Gasteiger partial charge on any atom is 0.273 e. The number of piperidine rings is 1. The SMILES string of the molecule is O=C(NC1CCCC1)c1cn([C@@H]2CCCN(Cc3ccsc3)C2)nn1. The van der Waals surface area contributed by atoms with Crippen molar-refractivity contribution >= 4 is 17.2 Å². The summed E-state index contributed by atoms with van der Waals surface area (Å²) in [5, 5.41) is 15.8. The molecule has 134 valence electrons. The number of nitrogens with zero attached hydrogens (tertiary/aromatic N) is 4. The second-order valence-corrected chi connectivity index (χ2v) is 7.98. The first-order valence-electron chi connectivity index (χ1n) is 9.24. The van der Waals surface area contributed by atoms with Crippen molar-refractivity contribution < 1.29 is 4.79 Å². The molecule has 2 aromatic rings. The number of thiophene rings is 1. The first kappa shape index (κ1) is 16.7. The van der Waals surface area contributed by atoms with Gasteiger partial charge in [-0.25, -0.2) is 4.68 Å². The molecule has 1 saturated carbocycles. The number of likely N-dealkylation sites (tertiary alicyclic amines) is 1. The average Bonchev–Trinajstić information content (AvgIpc) is 3.38. The van der Waals surface area contributed by atoms with Crippen molar-refractivity contribution in [3.8, 4) is 0 Å². The Morgan fingerprint density at radius 2 is 2.16 bits per heavy atom. The Morgan fingerprint density at radius 1 is 1.28 bits per heavy atom. The van der Waals surface area contributed by atoms with Crippen molar-refractivity contribution in [3.05, 3.63) is 34.3 Å². The molecule has 0 aromatic carbocycles. The van der Waals surface area contributed by atoms with Gasteiger partial charge in [-0.1, -0.05) is 18.1 Å². The van der Waals surface area contributed by atoms with Crippen LogP contribution in [0.25, 0.3) is 0 Å². The number of carbonyl (C=O) groups excluding carboxylic acids is 1. The summed E-state index contributed by atoms with van der Waals surface area (Å²) in [5.74, 6) is -0.0795. The fourth-order valence-corrected chi connectivity index (χ4v) is 4.58. The molecule has 0 radical (unpaired) electrons. The van der Waals surface area contributed by atoms with E-state index >= 15 is 0 Å². The molecule has 1 aliphatic heterocycles. The largest absolute Gasteiger partial charge is 0.348 e. The minimum atomic E-state index is -0.0795. The number of carbonyl (C=O) groups is 1.